The summed E-state index contributed by atoms with van der Waals surface area (Å²) >= 11 is 1.22. The molecule has 0 radical (unpaired) electrons. The molecule has 3 fully saturated rings. The van der Waals surface area contributed by atoms with Gasteiger partial charge in [0.2, 0.25) is 5.92 Å². The molecule has 8 heteroatoms. The predicted octanol–water partition coefficient (Wildman–Crippen LogP) is 4.34. The van der Waals surface area contributed by atoms with Crippen molar-refractivity contribution in [2.75, 3.05) is 6.26 Å². The lowest BCUT2D eigenvalue weighted by molar-refractivity contribution is -0.200. The molecule has 3 N–H and O–H groups in total. The Balaban J connectivity index is 1.32. The van der Waals surface area contributed by atoms with Crippen LogP contribution >= 0.6 is 11.8 Å². The van der Waals surface area contributed by atoms with Gasteiger partial charge < -0.3 is 20.1 Å². The van der Waals surface area contributed by atoms with Crippen molar-refractivity contribution in [3.8, 4) is 0 Å². The van der Waals surface area contributed by atoms with Gasteiger partial charge in [-0.2, -0.15) is 0 Å². The summed E-state index contributed by atoms with van der Waals surface area (Å²) in [5, 5.41) is 30.7. The minimum absolute atomic E-state index is 0.0367. The fourth-order valence-corrected chi connectivity index (χ4v) is 6.39. The number of hydrogen-bond acceptors (Lipinski definition) is 5. The van der Waals surface area contributed by atoms with Gasteiger partial charge in [0, 0.05) is 19.3 Å². The number of ether oxygens (including phenoxy) is 1. The summed E-state index contributed by atoms with van der Waals surface area (Å²) in [6, 6.07) is 12.3. The quantitative estimate of drug-likeness (QED) is 0.577. The van der Waals surface area contributed by atoms with Crippen molar-refractivity contribution < 1.29 is 33.2 Å². The Morgan fingerprint density at radius 2 is 1.71 bits per heavy atom. The van der Waals surface area contributed by atoms with E-state index in [0.717, 1.165) is 17.5 Å². The number of fused-ring (bicyclic) bond motifs is 1. The standard InChI is InChI=1S/C26H29F3O4S/c1-34-24-22(32)20(30)21(31)23(33-24)15-4-7-19(27)16(11-15)10-14-2-5-17(6-3-14)25-8-9-26(28,29)13-18(25)12-25/h2-7,11,18,20-24,30-32H,8-10,12-13H2,1H3/t18-,20-,21-,22+,23?,24-,25-/m1/s1. The normalized spacial score (nSPS) is 36.7. The fourth-order valence-electron chi connectivity index (χ4n) is 5.72. The SMILES string of the molecule is CS[C@H]1OC(c2ccc(F)c(Cc3ccc([C@]45CCC(F)(F)C[C@H]4C5)cc3)c2)[C@H](O)[C@@H](O)[C@@H]1O. The molecular formula is C26H29F3O4S. The van der Waals surface area contributed by atoms with Crippen molar-refractivity contribution in [3.05, 3.63) is 70.5 Å². The Labute approximate surface area is 201 Å². The number of benzene rings is 2. The lowest BCUT2D eigenvalue weighted by Gasteiger charge is -2.40. The number of halogens is 3. The topological polar surface area (TPSA) is 69.9 Å². The smallest absolute Gasteiger partial charge is 0.248 e. The first-order valence-electron chi connectivity index (χ1n) is 11.6. The Bertz CT molecular complexity index is 1050. The number of alkyl halides is 2. The lowest BCUT2D eigenvalue weighted by Crippen LogP contribution is -2.52. The first-order valence-corrected chi connectivity index (χ1v) is 12.9. The van der Waals surface area contributed by atoms with Crippen molar-refractivity contribution in [3.63, 3.8) is 0 Å². The number of aliphatic hydroxyl groups excluding tert-OH is 3. The van der Waals surface area contributed by atoms with Crippen LogP contribution in [0.5, 0.6) is 0 Å². The molecule has 4 nitrogen and oxygen atoms in total. The van der Waals surface area contributed by atoms with Gasteiger partial charge in [-0.25, -0.2) is 13.2 Å². The van der Waals surface area contributed by atoms with E-state index < -0.39 is 41.6 Å². The first-order chi connectivity index (χ1) is 16.1. The molecule has 1 heterocycles. The molecule has 2 aromatic carbocycles. The zero-order chi connectivity index (χ0) is 24.3. The summed E-state index contributed by atoms with van der Waals surface area (Å²) in [5.74, 6) is -2.90. The van der Waals surface area contributed by atoms with E-state index in [1.165, 1.54) is 23.9 Å². The van der Waals surface area contributed by atoms with Crippen molar-refractivity contribution in [2.45, 2.75) is 73.3 Å². The molecule has 2 aromatic rings. The number of aliphatic hydroxyl groups is 3. The summed E-state index contributed by atoms with van der Waals surface area (Å²) in [6.07, 6.45) is -1.58. The van der Waals surface area contributed by atoms with Crippen LogP contribution in [0.4, 0.5) is 13.2 Å². The van der Waals surface area contributed by atoms with Crippen LogP contribution in [0.2, 0.25) is 0 Å². The summed E-state index contributed by atoms with van der Waals surface area (Å²) in [7, 11) is 0. The van der Waals surface area contributed by atoms with Gasteiger partial charge in [0.05, 0.1) is 0 Å². The molecular weight excluding hydrogens is 465 g/mol. The first kappa shape index (κ1) is 24.1. The van der Waals surface area contributed by atoms with Crippen LogP contribution in [0.3, 0.4) is 0 Å². The van der Waals surface area contributed by atoms with Gasteiger partial charge >= 0.3 is 0 Å². The molecule has 184 valence electrons. The second-order valence-corrected chi connectivity index (χ2v) is 10.9. The molecule has 2 saturated carbocycles. The third kappa shape index (κ3) is 4.28. The van der Waals surface area contributed by atoms with Crippen LogP contribution in [0, 0.1) is 11.7 Å². The molecule has 5 rings (SSSR count). The van der Waals surface area contributed by atoms with E-state index in [1.54, 1.807) is 12.3 Å². The highest BCUT2D eigenvalue weighted by Crippen LogP contribution is 2.65. The molecule has 0 aromatic heterocycles. The maximum Gasteiger partial charge on any atom is 0.248 e. The molecule has 1 saturated heterocycles. The van der Waals surface area contributed by atoms with Crippen LogP contribution in [0.15, 0.2) is 42.5 Å². The molecule has 0 bridgehead atoms. The third-order valence-electron chi connectivity index (χ3n) is 7.84. The molecule has 1 aliphatic heterocycles. The van der Waals surface area contributed by atoms with Crippen LogP contribution in [-0.2, 0) is 16.6 Å². The lowest BCUT2D eigenvalue weighted by atomic mass is 9.81. The Kier molecular flexibility index (Phi) is 6.26. The molecule has 34 heavy (non-hydrogen) atoms. The van der Waals surface area contributed by atoms with E-state index in [9.17, 15) is 28.5 Å². The predicted molar refractivity (Wildman–Crippen MR) is 123 cm³/mol. The van der Waals surface area contributed by atoms with E-state index in [-0.39, 0.29) is 24.2 Å². The van der Waals surface area contributed by atoms with Gasteiger partial charge in [-0.3, -0.25) is 0 Å². The van der Waals surface area contributed by atoms with Crippen LogP contribution in [-0.4, -0.2) is 51.2 Å². The highest BCUT2D eigenvalue weighted by atomic mass is 32.2. The molecule has 7 atom stereocenters. The summed E-state index contributed by atoms with van der Waals surface area (Å²) in [4.78, 5) is 0. The van der Waals surface area contributed by atoms with Gasteiger partial charge in [0.1, 0.15) is 35.7 Å². The minimum Gasteiger partial charge on any atom is -0.387 e. The minimum atomic E-state index is -2.55. The van der Waals surface area contributed by atoms with E-state index in [4.69, 9.17) is 4.74 Å². The number of hydrogen-bond donors (Lipinski definition) is 3. The van der Waals surface area contributed by atoms with E-state index in [0.29, 0.717) is 24.0 Å². The van der Waals surface area contributed by atoms with Gasteiger partial charge in [0.25, 0.3) is 0 Å². The Morgan fingerprint density at radius 3 is 2.38 bits per heavy atom. The Hall–Kier alpha value is -1.58. The monoisotopic (exact) mass is 494 g/mol. The van der Waals surface area contributed by atoms with Crippen LogP contribution < -0.4 is 0 Å². The van der Waals surface area contributed by atoms with E-state index in [1.807, 2.05) is 24.3 Å². The average Bonchev–Trinajstić information content (AvgIpc) is 3.53. The fraction of sp³-hybridized carbons (Fsp3) is 0.538. The molecule has 1 unspecified atom stereocenters. The van der Waals surface area contributed by atoms with Gasteiger partial charge in [-0.05, 0) is 64.8 Å². The summed E-state index contributed by atoms with van der Waals surface area (Å²) < 4.78 is 47.8. The van der Waals surface area contributed by atoms with Gasteiger partial charge in [-0.15, -0.1) is 11.8 Å². The van der Waals surface area contributed by atoms with Gasteiger partial charge in [0.15, 0.2) is 0 Å². The van der Waals surface area contributed by atoms with Gasteiger partial charge in [-0.1, -0.05) is 30.3 Å². The van der Waals surface area contributed by atoms with Crippen molar-refractivity contribution in [1.29, 1.82) is 0 Å². The zero-order valence-corrected chi connectivity index (χ0v) is 19.6. The van der Waals surface area contributed by atoms with E-state index >= 15 is 0 Å². The number of thioether (sulfide) groups is 1. The molecule has 3 aliphatic rings. The zero-order valence-electron chi connectivity index (χ0n) is 18.8. The van der Waals surface area contributed by atoms with Crippen LogP contribution in [0.1, 0.15) is 54.0 Å². The third-order valence-corrected chi connectivity index (χ3v) is 8.69. The van der Waals surface area contributed by atoms with Crippen LogP contribution in [0.25, 0.3) is 0 Å². The molecule has 0 spiro atoms. The maximum atomic E-state index is 14.6. The second kappa shape index (κ2) is 8.82. The summed E-state index contributed by atoms with van der Waals surface area (Å²) in [5.41, 5.74) is 2.07. The van der Waals surface area contributed by atoms with E-state index in [2.05, 4.69) is 0 Å². The molecule has 2 aliphatic carbocycles. The maximum absolute atomic E-state index is 14.6. The Morgan fingerprint density at radius 1 is 0.971 bits per heavy atom. The highest BCUT2D eigenvalue weighted by molar-refractivity contribution is 7.99. The van der Waals surface area contributed by atoms with Crippen molar-refractivity contribution >= 4 is 11.8 Å². The van der Waals surface area contributed by atoms with Crippen molar-refractivity contribution in [1.82, 2.24) is 0 Å². The van der Waals surface area contributed by atoms with Crippen molar-refractivity contribution in [2.24, 2.45) is 5.92 Å². The second-order valence-electron chi connectivity index (χ2n) is 9.97. The largest absolute Gasteiger partial charge is 0.387 e. The summed E-state index contributed by atoms with van der Waals surface area (Å²) in [6.45, 7) is 0. The molecule has 0 amide bonds. The number of rotatable bonds is 5. The average molecular weight is 495 g/mol. The highest BCUT2D eigenvalue weighted by Gasteiger charge is 2.61.